The van der Waals surface area contributed by atoms with Crippen molar-refractivity contribution >= 4 is 11.6 Å². The summed E-state index contributed by atoms with van der Waals surface area (Å²) in [5.74, 6) is 1.22. The Hall–Kier alpha value is -1.45. The van der Waals surface area contributed by atoms with Crippen LogP contribution in [0, 0.1) is 5.92 Å². The van der Waals surface area contributed by atoms with Crippen molar-refractivity contribution in [1.29, 1.82) is 0 Å². The van der Waals surface area contributed by atoms with Gasteiger partial charge in [-0.2, -0.15) is 0 Å². The van der Waals surface area contributed by atoms with Gasteiger partial charge in [0.15, 0.2) is 0 Å². The highest BCUT2D eigenvalue weighted by molar-refractivity contribution is 5.78. The molecule has 0 aliphatic rings. The quantitative estimate of drug-likeness (QED) is 0.767. The lowest BCUT2D eigenvalue weighted by Crippen LogP contribution is -2.16. The molecular formula is C12H19N3O. The van der Waals surface area contributed by atoms with E-state index in [0.717, 1.165) is 31.6 Å². The van der Waals surface area contributed by atoms with Gasteiger partial charge in [-0.15, -0.1) is 0 Å². The van der Waals surface area contributed by atoms with Crippen molar-refractivity contribution in [2.45, 2.75) is 33.1 Å². The van der Waals surface area contributed by atoms with E-state index in [4.69, 9.17) is 0 Å². The minimum Gasteiger partial charge on any atom is -0.369 e. The first-order chi connectivity index (χ1) is 7.74. The minimum atomic E-state index is 0.175. The molecular weight excluding hydrogens is 202 g/mol. The van der Waals surface area contributed by atoms with E-state index in [1.807, 2.05) is 0 Å². The van der Waals surface area contributed by atoms with Crippen LogP contribution in [0.4, 0.5) is 5.82 Å². The van der Waals surface area contributed by atoms with Crippen LogP contribution in [0.25, 0.3) is 0 Å². The number of nitrogens with zero attached hydrogens (tertiary/aromatic N) is 2. The first kappa shape index (κ1) is 12.6. The SMILES string of the molecule is CCCC(CCNc1cnccn1)C(C)=O. The zero-order chi connectivity index (χ0) is 11.8. The fraction of sp³-hybridized carbons (Fsp3) is 0.583. The second-order valence-electron chi connectivity index (χ2n) is 3.90. The number of carbonyl (C=O) groups excluding carboxylic acids is 1. The lowest BCUT2D eigenvalue weighted by atomic mass is 9.96. The summed E-state index contributed by atoms with van der Waals surface area (Å²) in [6.07, 6.45) is 7.85. The topological polar surface area (TPSA) is 54.9 Å². The number of ketones is 1. The third-order valence-electron chi connectivity index (χ3n) is 2.57. The Bertz CT molecular complexity index is 313. The number of rotatable bonds is 7. The van der Waals surface area contributed by atoms with Gasteiger partial charge in [-0.1, -0.05) is 13.3 Å². The third kappa shape index (κ3) is 4.38. The molecule has 0 saturated heterocycles. The second-order valence-corrected chi connectivity index (χ2v) is 3.90. The van der Waals surface area contributed by atoms with E-state index in [1.54, 1.807) is 25.5 Å². The van der Waals surface area contributed by atoms with Crippen molar-refractivity contribution in [3.8, 4) is 0 Å². The van der Waals surface area contributed by atoms with E-state index in [-0.39, 0.29) is 11.7 Å². The third-order valence-corrected chi connectivity index (χ3v) is 2.57. The first-order valence-corrected chi connectivity index (χ1v) is 5.74. The number of Topliss-reactive ketones (excluding diaryl/α,β-unsaturated/α-hetero) is 1. The first-order valence-electron chi connectivity index (χ1n) is 5.74. The highest BCUT2D eigenvalue weighted by Gasteiger charge is 2.12. The molecule has 1 heterocycles. The Balaban J connectivity index is 2.31. The maximum Gasteiger partial charge on any atom is 0.144 e. The molecule has 0 aromatic carbocycles. The van der Waals surface area contributed by atoms with Gasteiger partial charge in [-0.25, -0.2) is 4.98 Å². The Morgan fingerprint density at radius 1 is 1.44 bits per heavy atom. The van der Waals surface area contributed by atoms with Crippen molar-refractivity contribution in [3.05, 3.63) is 18.6 Å². The number of hydrogen-bond acceptors (Lipinski definition) is 4. The van der Waals surface area contributed by atoms with Gasteiger partial charge in [-0.05, 0) is 19.8 Å². The maximum atomic E-state index is 11.3. The smallest absolute Gasteiger partial charge is 0.144 e. The predicted molar refractivity (Wildman–Crippen MR) is 64.2 cm³/mol. The van der Waals surface area contributed by atoms with Gasteiger partial charge in [-0.3, -0.25) is 9.78 Å². The molecule has 0 radical (unpaired) electrons. The molecule has 0 amide bonds. The van der Waals surface area contributed by atoms with Gasteiger partial charge in [0, 0.05) is 24.9 Å². The fourth-order valence-electron chi connectivity index (χ4n) is 1.66. The van der Waals surface area contributed by atoms with Gasteiger partial charge in [0.2, 0.25) is 0 Å². The molecule has 1 N–H and O–H groups in total. The van der Waals surface area contributed by atoms with E-state index >= 15 is 0 Å². The average Bonchev–Trinajstić information content (AvgIpc) is 2.29. The summed E-state index contributed by atoms with van der Waals surface area (Å²) >= 11 is 0. The van der Waals surface area contributed by atoms with Gasteiger partial charge >= 0.3 is 0 Å². The van der Waals surface area contributed by atoms with Crippen molar-refractivity contribution in [3.63, 3.8) is 0 Å². The van der Waals surface area contributed by atoms with Crippen LogP contribution in [0.5, 0.6) is 0 Å². The van der Waals surface area contributed by atoms with E-state index in [0.29, 0.717) is 0 Å². The Morgan fingerprint density at radius 3 is 2.81 bits per heavy atom. The lowest BCUT2D eigenvalue weighted by Gasteiger charge is -2.12. The Kier molecular flexibility index (Phi) is 5.46. The lowest BCUT2D eigenvalue weighted by molar-refractivity contribution is -0.121. The highest BCUT2D eigenvalue weighted by atomic mass is 16.1. The average molecular weight is 221 g/mol. The minimum absolute atomic E-state index is 0.175. The van der Waals surface area contributed by atoms with Gasteiger partial charge in [0.25, 0.3) is 0 Å². The van der Waals surface area contributed by atoms with E-state index in [2.05, 4.69) is 22.2 Å². The molecule has 0 spiro atoms. The molecule has 88 valence electrons. The molecule has 1 aromatic heterocycles. The zero-order valence-corrected chi connectivity index (χ0v) is 9.94. The summed E-state index contributed by atoms with van der Waals surface area (Å²) in [5.41, 5.74) is 0. The van der Waals surface area contributed by atoms with Crippen LogP contribution in [-0.2, 0) is 4.79 Å². The largest absolute Gasteiger partial charge is 0.369 e. The van der Waals surface area contributed by atoms with Crippen LogP contribution >= 0.6 is 0 Å². The van der Waals surface area contributed by atoms with Crippen molar-refractivity contribution in [2.24, 2.45) is 5.92 Å². The molecule has 0 saturated carbocycles. The van der Waals surface area contributed by atoms with Gasteiger partial charge in [0.1, 0.15) is 11.6 Å². The molecule has 1 rings (SSSR count). The van der Waals surface area contributed by atoms with Crippen LogP contribution in [0.1, 0.15) is 33.1 Å². The van der Waals surface area contributed by atoms with Crippen LogP contribution < -0.4 is 5.32 Å². The molecule has 4 nitrogen and oxygen atoms in total. The van der Waals surface area contributed by atoms with Crippen molar-refractivity contribution in [2.75, 3.05) is 11.9 Å². The van der Waals surface area contributed by atoms with Crippen LogP contribution in [0.3, 0.4) is 0 Å². The molecule has 4 heteroatoms. The van der Waals surface area contributed by atoms with E-state index in [9.17, 15) is 4.79 Å². The normalized spacial score (nSPS) is 12.1. The molecule has 1 aromatic rings. The molecule has 0 aliphatic heterocycles. The number of carbonyl (C=O) groups is 1. The van der Waals surface area contributed by atoms with E-state index < -0.39 is 0 Å². The standard InChI is InChI=1S/C12H19N3O/c1-3-4-11(10(2)16)5-6-14-12-9-13-7-8-15-12/h7-9,11H,3-6H2,1-2H3,(H,14,15). The summed E-state index contributed by atoms with van der Waals surface area (Å²) in [5, 5.41) is 3.16. The number of aromatic nitrogens is 2. The summed E-state index contributed by atoms with van der Waals surface area (Å²) in [4.78, 5) is 19.4. The summed E-state index contributed by atoms with van der Waals surface area (Å²) in [6.45, 7) is 4.54. The zero-order valence-electron chi connectivity index (χ0n) is 9.94. The second kappa shape index (κ2) is 6.93. The molecule has 1 atom stereocenters. The van der Waals surface area contributed by atoms with Crippen molar-refractivity contribution < 1.29 is 4.79 Å². The van der Waals surface area contributed by atoms with Crippen LogP contribution in [0.15, 0.2) is 18.6 Å². The Labute approximate surface area is 96.5 Å². The number of hydrogen-bond donors (Lipinski definition) is 1. The van der Waals surface area contributed by atoms with Crippen LogP contribution in [0.2, 0.25) is 0 Å². The van der Waals surface area contributed by atoms with Crippen LogP contribution in [-0.4, -0.2) is 22.3 Å². The predicted octanol–water partition coefficient (Wildman–Crippen LogP) is 2.28. The maximum absolute atomic E-state index is 11.3. The number of nitrogens with one attached hydrogen (secondary N) is 1. The molecule has 16 heavy (non-hydrogen) atoms. The summed E-state index contributed by atoms with van der Waals surface area (Å²) in [6, 6.07) is 0. The molecule has 1 unspecified atom stereocenters. The summed E-state index contributed by atoms with van der Waals surface area (Å²) < 4.78 is 0. The van der Waals surface area contributed by atoms with Gasteiger partial charge < -0.3 is 5.32 Å². The Morgan fingerprint density at radius 2 is 2.25 bits per heavy atom. The molecule has 0 bridgehead atoms. The van der Waals surface area contributed by atoms with E-state index in [1.165, 1.54) is 0 Å². The van der Waals surface area contributed by atoms with Crippen molar-refractivity contribution in [1.82, 2.24) is 9.97 Å². The fourth-order valence-corrected chi connectivity index (χ4v) is 1.66. The summed E-state index contributed by atoms with van der Waals surface area (Å²) in [7, 11) is 0. The number of anilines is 1. The monoisotopic (exact) mass is 221 g/mol. The molecule has 0 aliphatic carbocycles. The highest BCUT2D eigenvalue weighted by Crippen LogP contribution is 2.12. The van der Waals surface area contributed by atoms with Gasteiger partial charge in [0.05, 0.1) is 6.20 Å². The molecule has 0 fully saturated rings.